The van der Waals surface area contributed by atoms with Crippen LogP contribution in [0.3, 0.4) is 0 Å². The molecule has 0 atom stereocenters. The van der Waals surface area contributed by atoms with Gasteiger partial charge in [-0.3, -0.25) is 4.79 Å². The van der Waals surface area contributed by atoms with E-state index >= 15 is 0 Å². The molecule has 1 aromatic heterocycles. The molecule has 0 spiro atoms. The summed E-state index contributed by atoms with van der Waals surface area (Å²) in [5, 5.41) is 1.11. The van der Waals surface area contributed by atoms with E-state index in [1.54, 1.807) is 0 Å². The van der Waals surface area contributed by atoms with Crippen LogP contribution in [0.2, 0.25) is 0 Å². The second-order valence-corrected chi connectivity index (χ2v) is 4.33. The van der Waals surface area contributed by atoms with Gasteiger partial charge in [0.1, 0.15) is 6.54 Å². The van der Waals surface area contributed by atoms with Crippen LogP contribution in [-0.2, 0) is 11.3 Å². The molecule has 2 N–H and O–H groups in total. The molecule has 0 fully saturated rings. The Balaban J connectivity index is 2.26. The standard InChI is InChI=1S/C14H19N3O/c1-3-16(4-2)14(18)10-17-8-7-11-5-6-12(15)9-13(11)17/h5-9H,3-4,10,15H2,1-2H3. The Bertz CT molecular complexity index is 555. The molecule has 18 heavy (non-hydrogen) atoms. The van der Waals surface area contributed by atoms with Gasteiger partial charge in [0, 0.05) is 25.0 Å². The number of hydrogen-bond donors (Lipinski definition) is 1. The molecule has 0 aliphatic carbocycles. The average molecular weight is 245 g/mol. The van der Waals surface area contributed by atoms with E-state index in [2.05, 4.69) is 0 Å². The molecule has 0 bridgehead atoms. The van der Waals surface area contributed by atoms with Crippen LogP contribution in [0.5, 0.6) is 0 Å². The molecule has 0 unspecified atom stereocenters. The number of likely N-dealkylation sites (N-methyl/N-ethyl adjacent to an activating group) is 1. The van der Waals surface area contributed by atoms with Gasteiger partial charge in [0.15, 0.2) is 0 Å². The van der Waals surface area contributed by atoms with Crippen molar-refractivity contribution in [2.75, 3.05) is 18.8 Å². The zero-order valence-electron chi connectivity index (χ0n) is 10.9. The third-order valence-corrected chi connectivity index (χ3v) is 3.22. The Kier molecular flexibility index (Phi) is 3.55. The maximum absolute atomic E-state index is 12.1. The molecule has 0 saturated heterocycles. The van der Waals surface area contributed by atoms with E-state index in [0.717, 1.165) is 29.7 Å². The number of rotatable bonds is 4. The van der Waals surface area contributed by atoms with Crippen molar-refractivity contribution in [1.29, 1.82) is 0 Å². The van der Waals surface area contributed by atoms with Crippen LogP contribution in [0.1, 0.15) is 13.8 Å². The second kappa shape index (κ2) is 5.12. The largest absolute Gasteiger partial charge is 0.399 e. The van der Waals surface area contributed by atoms with Gasteiger partial charge in [-0.15, -0.1) is 0 Å². The normalized spacial score (nSPS) is 10.8. The summed E-state index contributed by atoms with van der Waals surface area (Å²) in [5.74, 6) is 0.139. The van der Waals surface area contributed by atoms with E-state index in [9.17, 15) is 4.79 Å². The fraction of sp³-hybridized carbons (Fsp3) is 0.357. The predicted octanol–water partition coefficient (Wildman–Crippen LogP) is 2.09. The van der Waals surface area contributed by atoms with Crippen LogP contribution in [-0.4, -0.2) is 28.5 Å². The lowest BCUT2D eigenvalue weighted by Crippen LogP contribution is -2.33. The predicted molar refractivity (Wildman–Crippen MR) is 74.3 cm³/mol. The summed E-state index contributed by atoms with van der Waals surface area (Å²) in [5.41, 5.74) is 7.52. The highest BCUT2D eigenvalue weighted by atomic mass is 16.2. The number of fused-ring (bicyclic) bond motifs is 1. The Labute approximate surface area is 107 Å². The quantitative estimate of drug-likeness (QED) is 0.839. The Hall–Kier alpha value is -1.97. The van der Waals surface area contributed by atoms with E-state index in [1.165, 1.54) is 0 Å². The molecule has 0 radical (unpaired) electrons. The molecule has 2 aromatic rings. The lowest BCUT2D eigenvalue weighted by atomic mass is 10.2. The van der Waals surface area contributed by atoms with Crippen molar-refractivity contribution in [3.05, 3.63) is 30.5 Å². The lowest BCUT2D eigenvalue weighted by Gasteiger charge is -2.19. The average Bonchev–Trinajstić information content (AvgIpc) is 2.73. The molecule has 0 saturated carbocycles. The number of carbonyl (C=O) groups is 1. The number of nitrogens with two attached hydrogens (primary N) is 1. The minimum atomic E-state index is 0.139. The van der Waals surface area contributed by atoms with Gasteiger partial charge < -0.3 is 15.2 Å². The first kappa shape index (κ1) is 12.5. The van der Waals surface area contributed by atoms with Crippen LogP contribution < -0.4 is 5.73 Å². The summed E-state index contributed by atoms with van der Waals surface area (Å²) in [6.07, 6.45) is 1.94. The van der Waals surface area contributed by atoms with Gasteiger partial charge in [-0.05, 0) is 37.4 Å². The molecular formula is C14H19N3O. The molecule has 1 aromatic carbocycles. The van der Waals surface area contributed by atoms with Crippen LogP contribution in [0.15, 0.2) is 30.5 Å². The smallest absolute Gasteiger partial charge is 0.242 e. The van der Waals surface area contributed by atoms with Gasteiger partial charge in [0.25, 0.3) is 0 Å². The Morgan fingerprint density at radius 1 is 1.28 bits per heavy atom. The van der Waals surface area contributed by atoms with Gasteiger partial charge in [0.05, 0.1) is 5.52 Å². The van der Waals surface area contributed by atoms with Crippen molar-refractivity contribution in [3.8, 4) is 0 Å². The minimum absolute atomic E-state index is 0.139. The van der Waals surface area contributed by atoms with Crippen molar-refractivity contribution in [3.63, 3.8) is 0 Å². The number of nitrogen functional groups attached to an aromatic ring is 1. The van der Waals surface area contributed by atoms with E-state index in [1.807, 2.05) is 53.8 Å². The lowest BCUT2D eigenvalue weighted by molar-refractivity contribution is -0.131. The number of nitrogens with zero attached hydrogens (tertiary/aromatic N) is 2. The first-order chi connectivity index (χ1) is 8.65. The summed E-state index contributed by atoms with van der Waals surface area (Å²) < 4.78 is 1.95. The van der Waals surface area contributed by atoms with Crippen LogP contribution >= 0.6 is 0 Å². The van der Waals surface area contributed by atoms with Gasteiger partial charge in [-0.2, -0.15) is 0 Å². The monoisotopic (exact) mass is 245 g/mol. The van der Waals surface area contributed by atoms with Crippen LogP contribution in [0.25, 0.3) is 10.9 Å². The molecule has 0 aliphatic rings. The summed E-state index contributed by atoms with van der Waals surface area (Å²) in [7, 11) is 0. The molecule has 2 rings (SSSR count). The number of benzene rings is 1. The molecule has 1 heterocycles. The summed E-state index contributed by atoms with van der Waals surface area (Å²) in [4.78, 5) is 13.9. The first-order valence-corrected chi connectivity index (χ1v) is 6.27. The highest BCUT2D eigenvalue weighted by Gasteiger charge is 2.11. The molecule has 4 nitrogen and oxygen atoms in total. The van der Waals surface area contributed by atoms with Gasteiger partial charge in [0.2, 0.25) is 5.91 Å². The van der Waals surface area contributed by atoms with Crippen LogP contribution in [0, 0.1) is 0 Å². The number of anilines is 1. The van der Waals surface area contributed by atoms with E-state index < -0.39 is 0 Å². The Morgan fingerprint density at radius 3 is 2.67 bits per heavy atom. The summed E-state index contributed by atoms with van der Waals surface area (Å²) in [6.45, 7) is 5.85. The molecule has 96 valence electrons. The van der Waals surface area contributed by atoms with Crippen molar-refractivity contribution < 1.29 is 4.79 Å². The maximum Gasteiger partial charge on any atom is 0.242 e. The maximum atomic E-state index is 12.1. The summed E-state index contributed by atoms with van der Waals surface area (Å²) in [6, 6.07) is 7.76. The molecule has 4 heteroatoms. The van der Waals surface area contributed by atoms with Crippen molar-refractivity contribution in [2.45, 2.75) is 20.4 Å². The van der Waals surface area contributed by atoms with Crippen molar-refractivity contribution >= 4 is 22.5 Å². The third-order valence-electron chi connectivity index (χ3n) is 3.22. The van der Waals surface area contributed by atoms with Gasteiger partial charge in [-0.1, -0.05) is 6.07 Å². The molecular weight excluding hydrogens is 226 g/mol. The number of carbonyl (C=O) groups excluding carboxylic acids is 1. The zero-order chi connectivity index (χ0) is 13.1. The third kappa shape index (κ3) is 2.32. The topological polar surface area (TPSA) is 51.3 Å². The van der Waals surface area contributed by atoms with Crippen molar-refractivity contribution in [2.24, 2.45) is 0 Å². The van der Waals surface area contributed by atoms with E-state index in [0.29, 0.717) is 6.54 Å². The number of aromatic nitrogens is 1. The second-order valence-electron chi connectivity index (χ2n) is 4.33. The highest BCUT2D eigenvalue weighted by Crippen LogP contribution is 2.18. The SMILES string of the molecule is CCN(CC)C(=O)Cn1ccc2ccc(N)cc21. The van der Waals surface area contributed by atoms with Crippen LogP contribution in [0.4, 0.5) is 5.69 Å². The van der Waals surface area contributed by atoms with Gasteiger partial charge in [-0.25, -0.2) is 0 Å². The van der Waals surface area contributed by atoms with Crippen molar-refractivity contribution in [1.82, 2.24) is 9.47 Å². The fourth-order valence-corrected chi connectivity index (χ4v) is 2.16. The van der Waals surface area contributed by atoms with Gasteiger partial charge >= 0.3 is 0 Å². The number of hydrogen-bond acceptors (Lipinski definition) is 2. The van der Waals surface area contributed by atoms with E-state index in [-0.39, 0.29) is 5.91 Å². The van der Waals surface area contributed by atoms with E-state index in [4.69, 9.17) is 5.73 Å². The molecule has 0 aliphatic heterocycles. The fourth-order valence-electron chi connectivity index (χ4n) is 2.16. The highest BCUT2D eigenvalue weighted by molar-refractivity contribution is 5.85. The number of amides is 1. The minimum Gasteiger partial charge on any atom is -0.399 e. The first-order valence-electron chi connectivity index (χ1n) is 6.27. The summed E-state index contributed by atoms with van der Waals surface area (Å²) >= 11 is 0. The zero-order valence-corrected chi connectivity index (χ0v) is 10.9. The Morgan fingerprint density at radius 2 is 2.00 bits per heavy atom. The molecule has 1 amide bonds.